The van der Waals surface area contributed by atoms with E-state index in [1.54, 1.807) is 31.2 Å². The molecule has 4 rings (SSSR count). The number of carboxylic acid groups (broad SMARTS) is 1. The van der Waals surface area contributed by atoms with Crippen molar-refractivity contribution in [3.8, 4) is 11.3 Å². The number of hydrogen-bond donors (Lipinski definition) is 2. The zero-order valence-electron chi connectivity index (χ0n) is 18.3. The molecular formula is C27H23BrN2O3. The maximum atomic E-state index is 13.5. The highest BCUT2D eigenvalue weighted by Gasteiger charge is 2.36. The van der Waals surface area contributed by atoms with E-state index in [2.05, 4.69) is 21.2 Å². The average Bonchev–Trinajstić information content (AvgIpc) is 2.83. The summed E-state index contributed by atoms with van der Waals surface area (Å²) in [4.78, 5) is 30.5. The fourth-order valence-corrected chi connectivity index (χ4v) is 4.31. The first-order valence-corrected chi connectivity index (χ1v) is 11.3. The highest BCUT2D eigenvalue weighted by atomic mass is 79.9. The summed E-state index contributed by atoms with van der Waals surface area (Å²) in [6, 6.07) is 24.3. The fraction of sp³-hybridized carbons (Fsp3) is 0.148. The van der Waals surface area contributed by atoms with Gasteiger partial charge in [0.1, 0.15) is 5.41 Å². The second-order valence-corrected chi connectivity index (χ2v) is 9.09. The molecule has 0 bridgehead atoms. The number of fused-ring (bicyclic) bond motifs is 1. The molecule has 0 radical (unpaired) electrons. The lowest BCUT2D eigenvalue weighted by molar-refractivity contribution is -0.142. The Hall–Kier alpha value is -3.51. The Labute approximate surface area is 200 Å². The number of pyridine rings is 1. The molecule has 6 heteroatoms. The molecule has 3 aromatic carbocycles. The van der Waals surface area contributed by atoms with Crippen LogP contribution in [-0.4, -0.2) is 28.5 Å². The van der Waals surface area contributed by atoms with Crippen LogP contribution in [0.2, 0.25) is 0 Å². The molecule has 0 saturated heterocycles. The van der Waals surface area contributed by atoms with E-state index in [1.165, 1.54) is 0 Å². The summed E-state index contributed by atoms with van der Waals surface area (Å²) in [5, 5.41) is 13.5. The number of hydrogen-bond acceptors (Lipinski definition) is 3. The quantitative estimate of drug-likeness (QED) is 0.352. The summed E-state index contributed by atoms with van der Waals surface area (Å²) < 4.78 is 0.831. The van der Waals surface area contributed by atoms with E-state index in [0.29, 0.717) is 22.0 Å². The smallest absolute Gasteiger partial charge is 0.315 e. The van der Waals surface area contributed by atoms with Crippen LogP contribution in [0, 0.1) is 6.92 Å². The van der Waals surface area contributed by atoms with Gasteiger partial charge in [0, 0.05) is 22.0 Å². The van der Waals surface area contributed by atoms with Crippen molar-refractivity contribution < 1.29 is 14.7 Å². The molecular weight excluding hydrogens is 480 g/mol. The standard InChI is InChI=1S/C27H23BrN2O3/c1-17-23(25(31)29-16-27(2,26(32)33)19-11-7-4-8-12-19)21-15-20(28)13-14-22(21)30-24(17)18-9-5-3-6-10-18/h3-15H,16H2,1-2H3,(H,29,31)(H,32,33). The van der Waals surface area contributed by atoms with Crippen molar-refractivity contribution in [3.05, 3.63) is 100 Å². The first-order valence-electron chi connectivity index (χ1n) is 10.5. The van der Waals surface area contributed by atoms with Gasteiger partial charge in [-0.1, -0.05) is 76.6 Å². The number of benzene rings is 3. The molecule has 0 spiro atoms. The Bertz CT molecular complexity index is 1340. The van der Waals surface area contributed by atoms with Crippen LogP contribution >= 0.6 is 15.9 Å². The summed E-state index contributed by atoms with van der Waals surface area (Å²) in [6.07, 6.45) is 0. The number of aliphatic carboxylic acids is 1. The topological polar surface area (TPSA) is 79.3 Å². The van der Waals surface area contributed by atoms with Crippen molar-refractivity contribution in [2.75, 3.05) is 6.54 Å². The number of aromatic nitrogens is 1. The Morgan fingerprint density at radius 1 is 1.00 bits per heavy atom. The van der Waals surface area contributed by atoms with E-state index in [9.17, 15) is 14.7 Å². The van der Waals surface area contributed by atoms with Crippen LogP contribution in [0.4, 0.5) is 0 Å². The third kappa shape index (κ3) is 4.39. The molecule has 0 saturated carbocycles. The van der Waals surface area contributed by atoms with Crippen molar-refractivity contribution >= 4 is 38.7 Å². The molecule has 0 aliphatic carbocycles. The number of rotatable bonds is 6. The van der Waals surface area contributed by atoms with Crippen molar-refractivity contribution in [1.29, 1.82) is 0 Å². The Morgan fingerprint density at radius 3 is 2.27 bits per heavy atom. The van der Waals surface area contributed by atoms with Crippen molar-refractivity contribution in [1.82, 2.24) is 10.3 Å². The SMILES string of the molecule is Cc1c(-c2ccccc2)nc2ccc(Br)cc2c1C(=O)NCC(C)(C(=O)O)c1ccccc1. The predicted octanol–water partition coefficient (Wildman–Crippen LogP) is 5.75. The number of nitrogens with one attached hydrogen (secondary N) is 1. The maximum Gasteiger partial charge on any atom is 0.315 e. The monoisotopic (exact) mass is 502 g/mol. The Kier molecular flexibility index (Phi) is 6.29. The molecule has 1 atom stereocenters. The van der Waals surface area contributed by atoms with Crippen LogP contribution in [-0.2, 0) is 10.2 Å². The summed E-state index contributed by atoms with van der Waals surface area (Å²) >= 11 is 3.49. The van der Waals surface area contributed by atoms with Crippen LogP contribution in [0.1, 0.15) is 28.4 Å². The molecule has 0 aliphatic heterocycles. The van der Waals surface area contributed by atoms with Gasteiger partial charge >= 0.3 is 5.97 Å². The number of halogens is 1. The molecule has 166 valence electrons. The average molecular weight is 503 g/mol. The second kappa shape index (κ2) is 9.16. The van der Waals surface area contributed by atoms with Gasteiger partial charge in [-0.25, -0.2) is 4.98 Å². The van der Waals surface area contributed by atoms with Crippen LogP contribution in [0.15, 0.2) is 83.3 Å². The number of amides is 1. The Morgan fingerprint density at radius 2 is 1.64 bits per heavy atom. The first kappa shape index (κ1) is 22.7. The van der Waals surface area contributed by atoms with E-state index < -0.39 is 11.4 Å². The van der Waals surface area contributed by atoms with Crippen LogP contribution < -0.4 is 5.32 Å². The fourth-order valence-electron chi connectivity index (χ4n) is 3.95. The maximum absolute atomic E-state index is 13.5. The molecule has 1 amide bonds. The molecule has 4 aromatic rings. The van der Waals surface area contributed by atoms with Crippen LogP contribution in [0.3, 0.4) is 0 Å². The van der Waals surface area contributed by atoms with Gasteiger partial charge in [-0.3, -0.25) is 9.59 Å². The second-order valence-electron chi connectivity index (χ2n) is 8.17. The van der Waals surface area contributed by atoms with E-state index in [0.717, 1.165) is 21.3 Å². The number of nitrogens with zero attached hydrogens (tertiary/aromatic N) is 1. The van der Waals surface area contributed by atoms with E-state index >= 15 is 0 Å². The largest absolute Gasteiger partial charge is 0.481 e. The summed E-state index contributed by atoms with van der Waals surface area (Å²) in [6.45, 7) is 3.44. The van der Waals surface area contributed by atoms with E-state index in [1.807, 2.05) is 61.5 Å². The lowest BCUT2D eigenvalue weighted by Gasteiger charge is -2.26. The Balaban J connectivity index is 1.78. The van der Waals surface area contributed by atoms with E-state index in [-0.39, 0.29) is 12.5 Å². The highest BCUT2D eigenvalue weighted by molar-refractivity contribution is 9.10. The van der Waals surface area contributed by atoms with E-state index in [4.69, 9.17) is 4.98 Å². The summed E-state index contributed by atoms with van der Waals surface area (Å²) in [5.41, 5.74) is 2.91. The molecule has 33 heavy (non-hydrogen) atoms. The third-order valence-corrected chi connectivity index (χ3v) is 6.44. The molecule has 2 N–H and O–H groups in total. The number of carbonyl (C=O) groups is 2. The zero-order chi connectivity index (χ0) is 23.6. The molecule has 0 fully saturated rings. The molecule has 0 aliphatic rings. The van der Waals surface area contributed by atoms with Gasteiger partial charge in [0.2, 0.25) is 0 Å². The summed E-state index contributed by atoms with van der Waals surface area (Å²) in [7, 11) is 0. The molecule has 5 nitrogen and oxygen atoms in total. The van der Waals surface area contributed by atoms with Crippen molar-refractivity contribution in [2.24, 2.45) is 0 Å². The number of carboxylic acids is 1. The number of carbonyl (C=O) groups excluding carboxylic acids is 1. The van der Waals surface area contributed by atoms with Crippen LogP contribution in [0.5, 0.6) is 0 Å². The lowest BCUT2D eigenvalue weighted by atomic mass is 9.82. The first-order chi connectivity index (χ1) is 15.8. The van der Waals surface area contributed by atoms with Crippen molar-refractivity contribution in [3.63, 3.8) is 0 Å². The lowest BCUT2D eigenvalue weighted by Crippen LogP contribution is -2.44. The van der Waals surface area contributed by atoms with Crippen LogP contribution in [0.25, 0.3) is 22.2 Å². The van der Waals surface area contributed by atoms with Gasteiger partial charge in [-0.2, -0.15) is 0 Å². The molecule has 1 aromatic heterocycles. The summed E-state index contributed by atoms with van der Waals surface area (Å²) in [5.74, 6) is -1.34. The van der Waals surface area contributed by atoms with Gasteiger partial charge in [0.05, 0.1) is 16.8 Å². The predicted molar refractivity (Wildman–Crippen MR) is 133 cm³/mol. The van der Waals surface area contributed by atoms with Gasteiger partial charge in [0.25, 0.3) is 5.91 Å². The minimum absolute atomic E-state index is 0.0525. The molecule has 1 unspecified atom stereocenters. The van der Waals surface area contributed by atoms with Gasteiger partial charge in [-0.15, -0.1) is 0 Å². The van der Waals surface area contributed by atoms with Gasteiger partial charge in [0.15, 0.2) is 0 Å². The van der Waals surface area contributed by atoms with Gasteiger partial charge in [-0.05, 0) is 43.2 Å². The normalized spacial score (nSPS) is 12.8. The molecule has 1 heterocycles. The zero-order valence-corrected chi connectivity index (χ0v) is 19.9. The minimum atomic E-state index is -1.27. The third-order valence-electron chi connectivity index (χ3n) is 5.95. The van der Waals surface area contributed by atoms with Crippen molar-refractivity contribution in [2.45, 2.75) is 19.3 Å². The minimum Gasteiger partial charge on any atom is -0.481 e. The highest BCUT2D eigenvalue weighted by Crippen LogP contribution is 2.31. The van der Waals surface area contributed by atoms with Gasteiger partial charge < -0.3 is 10.4 Å².